The van der Waals surface area contributed by atoms with Crippen molar-refractivity contribution in [3.05, 3.63) is 35.7 Å². The van der Waals surface area contributed by atoms with Gasteiger partial charge in [0.2, 0.25) is 29.4 Å². The van der Waals surface area contributed by atoms with E-state index in [9.17, 15) is 27.9 Å². The zero-order valence-electron chi connectivity index (χ0n) is 23.7. The number of nitrogens with one attached hydrogen (secondary N) is 3. The summed E-state index contributed by atoms with van der Waals surface area (Å²) in [5, 5.41) is 21.9. The second-order valence-electron chi connectivity index (χ2n) is 11.7. The molecule has 0 aliphatic carbocycles. The molecule has 4 rings (SSSR count). The molecule has 2 aliphatic heterocycles. The highest BCUT2D eigenvalue weighted by Crippen LogP contribution is 2.27. The Morgan fingerprint density at radius 1 is 1.22 bits per heavy atom. The summed E-state index contributed by atoms with van der Waals surface area (Å²) in [6.07, 6.45) is -1.11. The molecule has 0 bridgehead atoms. The number of carbonyl (C=O) groups excluding carboxylic acids is 3. The van der Waals surface area contributed by atoms with E-state index < -0.39 is 56.4 Å². The van der Waals surface area contributed by atoms with Gasteiger partial charge in [0.1, 0.15) is 12.1 Å². The van der Waals surface area contributed by atoms with Crippen molar-refractivity contribution in [3.63, 3.8) is 0 Å². The van der Waals surface area contributed by atoms with Gasteiger partial charge in [-0.3, -0.25) is 14.4 Å². The molecule has 2 fully saturated rings. The molecule has 3 amide bonds. The van der Waals surface area contributed by atoms with Crippen LogP contribution in [-0.2, 0) is 30.8 Å². The average molecular weight is 591 g/mol. The van der Waals surface area contributed by atoms with Gasteiger partial charge in [-0.25, -0.2) is 8.42 Å². The number of benzene rings is 1. The second kappa shape index (κ2) is 12.2. The Morgan fingerprint density at radius 3 is 2.54 bits per heavy atom. The molecule has 3 heterocycles. The van der Waals surface area contributed by atoms with E-state index >= 15 is 0 Å². The van der Waals surface area contributed by atoms with Crippen molar-refractivity contribution in [3.8, 4) is 11.4 Å². The van der Waals surface area contributed by atoms with Crippen LogP contribution in [0.25, 0.3) is 11.4 Å². The van der Waals surface area contributed by atoms with E-state index in [0.29, 0.717) is 18.3 Å². The summed E-state index contributed by atoms with van der Waals surface area (Å²) in [6, 6.07) is 5.31. The number of amides is 3. The first-order valence-electron chi connectivity index (χ1n) is 13.6. The lowest BCUT2D eigenvalue weighted by Crippen LogP contribution is -2.58. The predicted octanol–water partition coefficient (Wildman–Crippen LogP) is -0.0694. The zero-order chi connectivity index (χ0) is 29.9. The Kier molecular flexibility index (Phi) is 9.14. The minimum Gasteiger partial charge on any atom is -0.391 e. The Bertz CT molecular complexity index is 1370. The van der Waals surface area contributed by atoms with Crippen LogP contribution in [0.15, 0.2) is 28.8 Å². The maximum Gasteiger partial charge on any atom is 0.246 e. The quantitative estimate of drug-likeness (QED) is 0.325. The Morgan fingerprint density at radius 2 is 1.93 bits per heavy atom. The molecule has 4 N–H and O–H groups in total. The zero-order valence-corrected chi connectivity index (χ0v) is 24.5. The van der Waals surface area contributed by atoms with Gasteiger partial charge in [0.25, 0.3) is 0 Å². The topological polar surface area (TPSA) is 184 Å². The average Bonchev–Trinajstić information content (AvgIpc) is 3.52. The van der Waals surface area contributed by atoms with Gasteiger partial charge in [-0.15, -0.1) is 0 Å². The molecule has 2 aromatic rings. The molecule has 13 nitrogen and oxygen atoms in total. The summed E-state index contributed by atoms with van der Waals surface area (Å²) in [6.45, 7) is 7.68. The van der Waals surface area contributed by atoms with Crippen molar-refractivity contribution < 1.29 is 32.4 Å². The van der Waals surface area contributed by atoms with E-state index in [4.69, 9.17) is 4.52 Å². The van der Waals surface area contributed by atoms with Crippen LogP contribution < -0.4 is 16.0 Å². The maximum absolute atomic E-state index is 13.7. The first kappa shape index (κ1) is 30.6. The second-order valence-corrected chi connectivity index (χ2v) is 14.1. The van der Waals surface area contributed by atoms with Crippen molar-refractivity contribution in [2.75, 3.05) is 25.4 Å². The van der Waals surface area contributed by atoms with Crippen molar-refractivity contribution in [2.45, 2.75) is 70.5 Å². The number of aryl methyl sites for hydroxylation is 1. The largest absolute Gasteiger partial charge is 0.391 e. The highest BCUT2D eigenvalue weighted by atomic mass is 32.2. The molecule has 1 aromatic carbocycles. The van der Waals surface area contributed by atoms with Crippen molar-refractivity contribution in [2.24, 2.45) is 5.41 Å². The molecule has 0 saturated carbocycles. The minimum atomic E-state index is -3.41. The molecular formula is C27H38N6O7S. The van der Waals surface area contributed by atoms with Crippen molar-refractivity contribution in [1.82, 2.24) is 31.0 Å². The molecule has 14 heteroatoms. The van der Waals surface area contributed by atoms with Crippen LogP contribution in [0.3, 0.4) is 0 Å². The summed E-state index contributed by atoms with van der Waals surface area (Å²) < 4.78 is 29.7. The van der Waals surface area contributed by atoms with Gasteiger partial charge in [-0.05, 0) is 11.0 Å². The standard InChI is InChI=1S/C27H38N6O7S/c1-16-30-24(32-40-16)18-7-5-17(6-8-18)13-29-25(36)21-11-19(34)15-33(21)26(37)23(27(2,3)4)31-22(35)12-20-14-28-9-10-41(20,38)39/h5-8,19-21,23,28,34H,9-15H2,1-4H3,(H,29,36)(H,31,35)/t19-,20?,21+,23-/m1/s1. The summed E-state index contributed by atoms with van der Waals surface area (Å²) in [5.41, 5.74) is 0.829. The first-order valence-corrected chi connectivity index (χ1v) is 15.3. The first-order chi connectivity index (χ1) is 19.2. The van der Waals surface area contributed by atoms with Crippen LogP contribution in [0.4, 0.5) is 0 Å². The Balaban J connectivity index is 1.40. The van der Waals surface area contributed by atoms with Gasteiger partial charge in [0.05, 0.1) is 17.1 Å². The molecule has 4 atom stereocenters. The SMILES string of the molecule is Cc1nc(-c2ccc(CNC(=O)[C@@H]3C[C@@H](O)CN3C(=O)[C@@H](NC(=O)CC3CNCCS3(=O)=O)C(C)(C)C)cc2)no1. The molecule has 1 unspecified atom stereocenters. The van der Waals surface area contributed by atoms with E-state index in [0.717, 1.165) is 11.1 Å². The monoisotopic (exact) mass is 590 g/mol. The number of β-amino-alcohol motifs (C(OH)–C–C–N with tert-alkyl or cyclic N) is 1. The van der Waals surface area contributed by atoms with Crippen LogP contribution >= 0.6 is 0 Å². The molecular weight excluding hydrogens is 552 g/mol. The Labute approximate surface area is 239 Å². The summed E-state index contributed by atoms with van der Waals surface area (Å²) in [7, 11) is -3.41. The number of nitrogens with zero attached hydrogens (tertiary/aromatic N) is 3. The highest BCUT2D eigenvalue weighted by Gasteiger charge is 2.44. The van der Waals surface area contributed by atoms with Gasteiger partial charge in [0.15, 0.2) is 9.84 Å². The third-order valence-corrected chi connectivity index (χ3v) is 9.47. The highest BCUT2D eigenvalue weighted by molar-refractivity contribution is 7.92. The fourth-order valence-electron chi connectivity index (χ4n) is 5.01. The molecule has 2 saturated heterocycles. The number of aliphatic hydroxyl groups excluding tert-OH is 1. The molecule has 41 heavy (non-hydrogen) atoms. The van der Waals surface area contributed by atoms with E-state index in [1.807, 2.05) is 24.3 Å². The molecule has 1 aromatic heterocycles. The third kappa shape index (κ3) is 7.49. The van der Waals surface area contributed by atoms with E-state index in [-0.39, 0.29) is 38.2 Å². The maximum atomic E-state index is 13.7. The lowest BCUT2D eigenvalue weighted by atomic mass is 9.85. The summed E-state index contributed by atoms with van der Waals surface area (Å²) in [4.78, 5) is 45.3. The molecule has 224 valence electrons. The number of aromatic nitrogens is 2. The van der Waals surface area contributed by atoms with Gasteiger partial charge in [-0.2, -0.15) is 4.98 Å². The number of hydrogen-bond acceptors (Lipinski definition) is 10. The van der Waals surface area contributed by atoms with E-state index in [2.05, 4.69) is 26.1 Å². The summed E-state index contributed by atoms with van der Waals surface area (Å²) >= 11 is 0. The van der Waals surface area contributed by atoms with Crippen molar-refractivity contribution in [1.29, 1.82) is 0 Å². The number of aliphatic hydroxyl groups is 1. The van der Waals surface area contributed by atoms with Crippen LogP contribution in [0, 0.1) is 12.3 Å². The lowest BCUT2D eigenvalue weighted by molar-refractivity contribution is -0.144. The van der Waals surface area contributed by atoms with Crippen LogP contribution in [0.1, 0.15) is 45.1 Å². The van der Waals surface area contributed by atoms with E-state index in [1.165, 1.54) is 4.90 Å². The number of carbonyl (C=O) groups is 3. The summed E-state index contributed by atoms with van der Waals surface area (Å²) in [5.74, 6) is -0.618. The minimum absolute atomic E-state index is 0.0440. The number of likely N-dealkylation sites (tertiary alicyclic amines) is 1. The predicted molar refractivity (Wildman–Crippen MR) is 149 cm³/mol. The molecule has 0 radical (unpaired) electrons. The Hall–Kier alpha value is -3.36. The number of hydrogen-bond donors (Lipinski definition) is 4. The fourth-order valence-corrected chi connectivity index (χ4v) is 6.55. The van der Waals surface area contributed by atoms with Crippen LogP contribution in [-0.4, -0.2) is 95.1 Å². The van der Waals surface area contributed by atoms with Crippen molar-refractivity contribution >= 4 is 27.6 Å². The number of sulfone groups is 1. The van der Waals surface area contributed by atoms with Crippen LogP contribution in [0.2, 0.25) is 0 Å². The van der Waals surface area contributed by atoms with Gasteiger partial charge < -0.3 is 30.5 Å². The fraction of sp³-hybridized carbons (Fsp3) is 0.593. The van der Waals surface area contributed by atoms with Gasteiger partial charge in [0, 0.05) is 51.5 Å². The van der Waals surface area contributed by atoms with Gasteiger partial charge in [-0.1, -0.05) is 50.2 Å². The third-order valence-electron chi connectivity index (χ3n) is 7.35. The molecule has 0 spiro atoms. The van der Waals surface area contributed by atoms with Gasteiger partial charge >= 0.3 is 0 Å². The van der Waals surface area contributed by atoms with Crippen LogP contribution in [0.5, 0.6) is 0 Å². The lowest BCUT2D eigenvalue weighted by Gasteiger charge is -2.35. The van der Waals surface area contributed by atoms with E-state index in [1.54, 1.807) is 27.7 Å². The molecule has 2 aliphatic rings. The smallest absolute Gasteiger partial charge is 0.246 e. The number of rotatable bonds is 8. The normalized spacial score (nSPS) is 23.1.